The van der Waals surface area contributed by atoms with E-state index in [1.807, 2.05) is 24.3 Å². The molecule has 1 aromatic carbocycles. The maximum atomic E-state index is 13.8. The fourth-order valence-electron chi connectivity index (χ4n) is 6.43. The van der Waals surface area contributed by atoms with Crippen LogP contribution < -0.4 is 16.6 Å². The molecule has 9 heteroatoms. The number of carbonyl (C=O) groups excluding carboxylic acids is 1. The van der Waals surface area contributed by atoms with Gasteiger partial charge >= 0.3 is 5.69 Å². The molecule has 3 heterocycles. The lowest BCUT2D eigenvalue weighted by molar-refractivity contribution is -0.111. The summed E-state index contributed by atoms with van der Waals surface area (Å²) in [6.07, 6.45) is 17.9. The first kappa shape index (κ1) is 27.9. The number of nitrogens with one attached hydrogen (secondary N) is 2. The molecule has 2 aliphatic carbocycles. The maximum Gasteiger partial charge on any atom is 0.332 e. The van der Waals surface area contributed by atoms with Crippen LogP contribution >= 0.6 is 0 Å². The second-order valence-corrected chi connectivity index (χ2v) is 11.8. The van der Waals surface area contributed by atoms with Crippen molar-refractivity contribution in [3.8, 4) is 11.4 Å². The maximum absolute atomic E-state index is 13.8. The molecule has 2 saturated carbocycles. The monoisotopic (exact) mass is 566 g/mol. The van der Waals surface area contributed by atoms with E-state index in [4.69, 9.17) is 4.98 Å². The number of aromatic nitrogens is 5. The smallest absolute Gasteiger partial charge is 0.332 e. The van der Waals surface area contributed by atoms with Gasteiger partial charge in [-0.1, -0.05) is 62.8 Å². The first-order valence-electron chi connectivity index (χ1n) is 15.3. The minimum Gasteiger partial charge on any atom is -0.332 e. The number of nitrogens with zero attached hydrogens (tertiary/aromatic N) is 4. The summed E-state index contributed by atoms with van der Waals surface area (Å²) >= 11 is 0. The largest absolute Gasteiger partial charge is 0.332 e. The number of aromatic amines is 1. The molecule has 4 aromatic rings. The van der Waals surface area contributed by atoms with Gasteiger partial charge in [-0.05, 0) is 61.3 Å². The Hall–Kier alpha value is -4.27. The number of carbonyl (C=O) groups is 1. The number of hydrogen-bond donors (Lipinski definition) is 2. The molecule has 3 aromatic heterocycles. The summed E-state index contributed by atoms with van der Waals surface area (Å²) in [4.78, 5) is 51.8. The highest BCUT2D eigenvalue weighted by Gasteiger charge is 2.24. The zero-order valence-electron chi connectivity index (χ0n) is 23.9. The standard InChI is InChI=1S/C33H38N6O3/c40-28(35-27-12-7-19-34-20-27)18-15-23-13-16-26(17-14-23)30-36-29-31(37-30)38(21-24-8-3-1-4-9-24)33(42)39(32(29)41)22-25-10-5-2-6-11-25/h7,12-20,24-25H,1-6,8-11,21-22H2,(H,35,40)(H,36,37)/b18-15+. The molecule has 1 amide bonds. The van der Waals surface area contributed by atoms with Crippen molar-refractivity contribution in [2.45, 2.75) is 77.3 Å². The first-order valence-corrected chi connectivity index (χ1v) is 15.3. The van der Waals surface area contributed by atoms with Gasteiger partial charge in [0.25, 0.3) is 5.56 Å². The number of imidazole rings is 1. The molecular formula is C33H38N6O3. The summed E-state index contributed by atoms with van der Waals surface area (Å²) in [5.41, 5.74) is 2.62. The third kappa shape index (κ3) is 6.30. The Labute approximate surface area is 244 Å². The van der Waals surface area contributed by atoms with Crippen molar-refractivity contribution < 1.29 is 4.79 Å². The molecule has 0 radical (unpaired) electrons. The fraction of sp³-hybridized carbons (Fsp3) is 0.424. The molecule has 42 heavy (non-hydrogen) atoms. The van der Waals surface area contributed by atoms with Crippen LogP contribution in [0.25, 0.3) is 28.6 Å². The molecule has 2 fully saturated rings. The van der Waals surface area contributed by atoms with Gasteiger partial charge in [0.2, 0.25) is 5.91 Å². The Kier molecular flexibility index (Phi) is 8.44. The van der Waals surface area contributed by atoms with Crippen LogP contribution in [-0.2, 0) is 17.9 Å². The fourth-order valence-corrected chi connectivity index (χ4v) is 6.43. The van der Waals surface area contributed by atoms with E-state index < -0.39 is 0 Å². The zero-order valence-corrected chi connectivity index (χ0v) is 23.9. The second kappa shape index (κ2) is 12.7. The number of H-pyrrole nitrogens is 1. The minimum atomic E-state index is -0.279. The SMILES string of the molecule is O=C(/C=C/c1ccc(-c2nc3c([nH]2)c(=O)n(CC2CCCCC2)c(=O)n3CC2CCCCC2)cc1)Nc1cccnc1. The van der Waals surface area contributed by atoms with Crippen molar-refractivity contribution in [3.63, 3.8) is 0 Å². The van der Waals surface area contributed by atoms with Crippen LogP contribution in [0.15, 0.2) is 64.5 Å². The van der Waals surface area contributed by atoms with Crippen LogP contribution in [0.5, 0.6) is 0 Å². The van der Waals surface area contributed by atoms with Crippen molar-refractivity contribution in [2.75, 3.05) is 5.32 Å². The molecule has 0 unspecified atom stereocenters. The lowest BCUT2D eigenvalue weighted by atomic mass is 9.89. The lowest BCUT2D eigenvalue weighted by Gasteiger charge is -2.24. The van der Waals surface area contributed by atoms with Crippen LogP contribution in [-0.4, -0.2) is 30.0 Å². The van der Waals surface area contributed by atoms with Crippen LogP contribution in [0.4, 0.5) is 5.69 Å². The number of benzene rings is 1. The van der Waals surface area contributed by atoms with Crippen molar-refractivity contribution >= 4 is 28.8 Å². The van der Waals surface area contributed by atoms with Gasteiger partial charge in [-0.15, -0.1) is 0 Å². The Balaban J connectivity index is 1.28. The average molecular weight is 567 g/mol. The zero-order chi connectivity index (χ0) is 28.9. The van der Waals surface area contributed by atoms with Crippen LogP contribution in [0.3, 0.4) is 0 Å². The van der Waals surface area contributed by atoms with Gasteiger partial charge in [-0.2, -0.15) is 0 Å². The molecule has 6 rings (SSSR count). The van der Waals surface area contributed by atoms with E-state index in [-0.39, 0.29) is 17.2 Å². The number of rotatable bonds is 8. The van der Waals surface area contributed by atoms with Crippen molar-refractivity contribution in [1.82, 2.24) is 24.1 Å². The van der Waals surface area contributed by atoms with E-state index >= 15 is 0 Å². The second-order valence-electron chi connectivity index (χ2n) is 11.8. The van der Waals surface area contributed by atoms with Crippen LogP contribution in [0.2, 0.25) is 0 Å². The van der Waals surface area contributed by atoms with Crippen LogP contribution in [0.1, 0.15) is 69.8 Å². The molecule has 0 aliphatic heterocycles. The van der Waals surface area contributed by atoms with E-state index in [2.05, 4.69) is 15.3 Å². The number of amides is 1. The van der Waals surface area contributed by atoms with E-state index in [1.54, 1.807) is 35.2 Å². The predicted molar refractivity (Wildman–Crippen MR) is 165 cm³/mol. The molecule has 218 valence electrons. The van der Waals surface area contributed by atoms with Gasteiger partial charge in [0.05, 0.1) is 11.9 Å². The third-order valence-corrected chi connectivity index (χ3v) is 8.73. The Morgan fingerprint density at radius 3 is 2.21 bits per heavy atom. The predicted octanol–water partition coefficient (Wildman–Crippen LogP) is 5.76. The topological polar surface area (TPSA) is 115 Å². The number of hydrogen-bond acceptors (Lipinski definition) is 5. The Morgan fingerprint density at radius 1 is 0.905 bits per heavy atom. The highest BCUT2D eigenvalue weighted by Crippen LogP contribution is 2.27. The van der Waals surface area contributed by atoms with E-state index in [0.717, 1.165) is 49.7 Å². The Bertz CT molecular complexity index is 1670. The Morgan fingerprint density at radius 2 is 1.57 bits per heavy atom. The van der Waals surface area contributed by atoms with Crippen LogP contribution in [0, 0.1) is 11.8 Å². The minimum absolute atomic E-state index is 0.230. The summed E-state index contributed by atoms with van der Waals surface area (Å²) in [5, 5.41) is 2.78. The van der Waals surface area contributed by atoms with Gasteiger partial charge in [-0.3, -0.25) is 23.7 Å². The molecule has 2 N–H and O–H groups in total. The number of anilines is 1. The van der Waals surface area contributed by atoms with E-state index in [0.29, 0.717) is 47.6 Å². The van der Waals surface area contributed by atoms with Gasteiger partial charge in [0, 0.05) is 30.9 Å². The van der Waals surface area contributed by atoms with Gasteiger partial charge in [0.15, 0.2) is 5.65 Å². The molecule has 0 saturated heterocycles. The summed E-state index contributed by atoms with van der Waals surface area (Å²) in [5.74, 6) is 1.09. The average Bonchev–Trinajstić information content (AvgIpc) is 3.48. The molecule has 9 nitrogen and oxygen atoms in total. The van der Waals surface area contributed by atoms with Crippen molar-refractivity contribution in [3.05, 3.63) is 81.3 Å². The number of pyridine rings is 1. The van der Waals surface area contributed by atoms with Gasteiger partial charge in [0.1, 0.15) is 11.3 Å². The summed E-state index contributed by atoms with van der Waals surface area (Å²) in [6.45, 7) is 1.07. The highest BCUT2D eigenvalue weighted by atomic mass is 16.2. The first-order chi connectivity index (χ1) is 20.5. The van der Waals surface area contributed by atoms with Gasteiger partial charge in [-0.25, -0.2) is 9.78 Å². The van der Waals surface area contributed by atoms with Crippen molar-refractivity contribution in [2.24, 2.45) is 11.8 Å². The molecular weight excluding hydrogens is 528 g/mol. The lowest BCUT2D eigenvalue weighted by Crippen LogP contribution is -2.42. The van der Waals surface area contributed by atoms with E-state index in [1.165, 1.54) is 36.3 Å². The molecule has 2 aliphatic rings. The quantitative estimate of drug-likeness (QED) is 0.263. The molecule has 0 spiro atoms. The summed E-state index contributed by atoms with van der Waals surface area (Å²) in [7, 11) is 0. The molecule has 0 atom stereocenters. The summed E-state index contributed by atoms with van der Waals surface area (Å²) in [6, 6.07) is 11.1. The number of fused-ring (bicyclic) bond motifs is 1. The van der Waals surface area contributed by atoms with E-state index in [9.17, 15) is 14.4 Å². The van der Waals surface area contributed by atoms with Gasteiger partial charge < -0.3 is 10.3 Å². The summed E-state index contributed by atoms with van der Waals surface area (Å²) < 4.78 is 3.22. The third-order valence-electron chi connectivity index (χ3n) is 8.73. The highest BCUT2D eigenvalue weighted by molar-refractivity contribution is 6.01. The normalized spacial score (nSPS) is 16.8. The molecule has 0 bridgehead atoms. The van der Waals surface area contributed by atoms with Crippen molar-refractivity contribution in [1.29, 1.82) is 0 Å².